The quantitative estimate of drug-likeness (QED) is 0.789. The molecule has 0 fully saturated rings. The third-order valence-corrected chi connectivity index (χ3v) is 3.34. The minimum atomic E-state index is 0.449. The SMILES string of the molecule is CC(C)c1nn2c(c1-c1ccccn1)CCC2. The summed E-state index contributed by atoms with van der Waals surface area (Å²) < 4.78 is 2.17. The maximum atomic E-state index is 4.74. The fourth-order valence-corrected chi connectivity index (χ4v) is 2.55. The van der Waals surface area contributed by atoms with Crippen LogP contribution >= 0.6 is 0 Å². The molecule has 3 rings (SSSR count). The molecule has 0 aromatic carbocycles. The predicted octanol–water partition coefficient (Wildman–Crippen LogP) is 3.01. The van der Waals surface area contributed by atoms with Crippen LogP contribution in [0.1, 0.15) is 37.6 Å². The van der Waals surface area contributed by atoms with Crippen LogP contribution in [-0.2, 0) is 13.0 Å². The Balaban J connectivity index is 2.20. The highest BCUT2D eigenvalue weighted by atomic mass is 15.3. The summed E-state index contributed by atoms with van der Waals surface area (Å²) in [6.45, 7) is 5.46. The highest BCUT2D eigenvalue weighted by molar-refractivity contribution is 5.66. The van der Waals surface area contributed by atoms with E-state index in [4.69, 9.17) is 5.10 Å². The average molecular weight is 227 g/mol. The molecule has 1 aliphatic heterocycles. The zero-order valence-electron chi connectivity index (χ0n) is 10.3. The Morgan fingerprint density at radius 2 is 2.18 bits per heavy atom. The molecule has 3 nitrogen and oxygen atoms in total. The number of pyridine rings is 1. The van der Waals surface area contributed by atoms with E-state index in [0.717, 1.165) is 18.7 Å². The van der Waals surface area contributed by atoms with Gasteiger partial charge < -0.3 is 0 Å². The largest absolute Gasteiger partial charge is 0.269 e. The van der Waals surface area contributed by atoms with E-state index in [1.54, 1.807) is 0 Å². The molecule has 0 spiro atoms. The van der Waals surface area contributed by atoms with Crippen molar-refractivity contribution in [1.82, 2.24) is 14.8 Å². The molecule has 2 aromatic heterocycles. The second-order valence-corrected chi connectivity index (χ2v) is 4.90. The monoisotopic (exact) mass is 227 g/mol. The van der Waals surface area contributed by atoms with Gasteiger partial charge in [0, 0.05) is 24.0 Å². The Labute approximate surface area is 101 Å². The summed E-state index contributed by atoms with van der Waals surface area (Å²) >= 11 is 0. The number of hydrogen-bond acceptors (Lipinski definition) is 2. The Kier molecular flexibility index (Phi) is 2.46. The Morgan fingerprint density at radius 3 is 2.88 bits per heavy atom. The minimum Gasteiger partial charge on any atom is -0.269 e. The third kappa shape index (κ3) is 1.66. The summed E-state index contributed by atoms with van der Waals surface area (Å²) in [5.74, 6) is 0.449. The second kappa shape index (κ2) is 3.99. The summed E-state index contributed by atoms with van der Waals surface area (Å²) in [5.41, 5.74) is 4.91. The van der Waals surface area contributed by atoms with Gasteiger partial charge in [-0.15, -0.1) is 0 Å². The van der Waals surface area contributed by atoms with E-state index in [0.29, 0.717) is 5.92 Å². The van der Waals surface area contributed by atoms with Crippen LogP contribution in [0.25, 0.3) is 11.3 Å². The predicted molar refractivity (Wildman–Crippen MR) is 67.9 cm³/mol. The first kappa shape index (κ1) is 10.5. The lowest BCUT2D eigenvalue weighted by atomic mass is 10.00. The van der Waals surface area contributed by atoms with Crippen molar-refractivity contribution in [3.8, 4) is 11.3 Å². The number of aromatic nitrogens is 3. The van der Waals surface area contributed by atoms with Crippen LogP contribution in [0.4, 0.5) is 0 Å². The lowest BCUT2D eigenvalue weighted by Crippen LogP contribution is -1.97. The zero-order valence-corrected chi connectivity index (χ0v) is 10.3. The lowest BCUT2D eigenvalue weighted by Gasteiger charge is -2.06. The van der Waals surface area contributed by atoms with Gasteiger partial charge in [-0.25, -0.2) is 0 Å². The van der Waals surface area contributed by atoms with Crippen LogP contribution in [0.5, 0.6) is 0 Å². The zero-order chi connectivity index (χ0) is 11.8. The summed E-state index contributed by atoms with van der Waals surface area (Å²) in [6, 6.07) is 6.09. The van der Waals surface area contributed by atoms with Crippen molar-refractivity contribution >= 4 is 0 Å². The van der Waals surface area contributed by atoms with Gasteiger partial charge in [0.05, 0.1) is 11.4 Å². The van der Waals surface area contributed by atoms with Gasteiger partial charge in [0.1, 0.15) is 0 Å². The van der Waals surface area contributed by atoms with Gasteiger partial charge in [0.15, 0.2) is 0 Å². The number of hydrogen-bond donors (Lipinski definition) is 0. The smallest absolute Gasteiger partial charge is 0.0746 e. The number of aryl methyl sites for hydroxylation is 1. The van der Waals surface area contributed by atoms with E-state index in [2.05, 4.69) is 29.6 Å². The number of rotatable bonds is 2. The molecule has 2 aromatic rings. The van der Waals surface area contributed by atoms with Crippen molar-refractivity contribution in [1.29, 1.82) is 0 Å². The number of nitrogens with zero attached hydrogens (tertiary/aromatic N) is 3. The Morgan fingerprint density at radius 1 is 1.29 bits per heavy atom. The van der Waals surface area contributed by atoms with Crippen LogP contribution in [0.3, 0.4) is 0 Å². The fourth-order valence-electron chi connectivity index (χ4n) is 2.55. The molecule has 3 heterocycles. The maximum absolute atomic E-state index is 4.74. The van der Waals surface area contributed by atoms with Gasteiger partial charge in [-0.05, 0) is 30.9 Å². The summed E-state index contributed by atoms with van der Waals surface area (Å²) in [5, 5.41) is 4.74. The van der Waals surface area contributed by atoms with Crippen molar-refractivity contribution in [2.24, 2.45) is 0 Å². The molecule has 0 atom stereocenters. The van der Waals surface area contributed by atoms with E-state index in [-0.39, 0.29) is 0 Å². The molecule has 0 saturated heterocycles. The van der Waals surface area contributed by atoms with Gasteiger partial charge in [0.2, 0.25) is 0 Å². The summed E-state index contributed by atoms with van der Waals surface area (Å²) in [7, 11) is 0. The van der Waals surface area contributed by atoms with Crippen LogP contribution < -0.4 is 0 Å². The molecule has 0 bridgehead atoms. The normalized spacial score (nSPS) is 14.3. The maximum Gasteiger partial charge on any atom is 0.0746 e. The van der Waals surface area contributed by atoms with Crippen LogP contribution in [-0.4, -0.2) is 14.8 Å². The first-order valence-corrected chi connectivity index (χ1v) is 6.28. The summed E-state index contributed by atoms with van der Waals surface area (Å²) in [4.78, 5) is 4.49. The molecule has 0 N–H and O–H groups in total. The van der Waals surface area contributed by atoms with E-state index in [1.807, 2.05) is 18.3 Å². The Bertz CT molecular complexity index is 526. The topological polar surface area (TPSA) is 30.7 Å². The number of fused-ring (bicyclic) bond motifs is 1. The minimum absolute atomic E-state index is 0.449. The first-order valence-electron chi connectivity index (χ1n) is 6.28. The standard InChI is InChI=1S/C14H17N3/c1-10(2)14-13(11-6-3-4-8-15-11)12-7-5-9-17(12)16-14/h3-4,6,8,10H,5,7,9H2,1-2H3. The van der Waals surface area contributed by atoms with Crippen LogP contribution in [0.15, 0.2) is 24.4 Å². The fraction of sp³-hybridized carbons (Fsp3) is 0.429. The Hall–Kier alpha value is -1.64. The van der Waals surface area contributed by atoms with Crippen molar-refractivity contribution < 1.29 is 0 Å². The van der Waals surface area contributed by atoms with E-state index in [1.165, 1.54) is 23.4 Å². The van der Waals surface area contributed by atoms with E-state index in [9.17, 15) is 0 Å². The third-order valence-electron chi connectivity index (χ3n) is 3.34. The van der Waals surface area contributed by atoms with Gasteiger partial charge >= 0.3 is 0 Å². The lowest BCUT2D eigenvalue weighted by molar-refractivity contribution is 0.632. The molecule has 0 unspecified atom stereocenters. The molecular formula is C14H17N3. The molecule has 3 heteroatoms. The molecule has 0 amide bonds. The van der Waals surface area contributed by atoms with Crippen LogP contribution in [0, 0.1) is 0 Å². The van der Waals surface area contributed by atoms with Crippen molar-refractivity contribution in [2.75, 3.05) is 0 Å². The van der Waals surface area contributed by atoms with Gasteiger partial charge in [-0.3, -0.25) is 9.67 Å². The molecule has 88 valence electrons. The first-order chi connectivity index (χ1) is 8.27. The molecule has 1 aliphatic rings. The van der Waals surface area contributed by atoms with Gasteiger partial charge in [-0.2, -0.15) is 5.10 Å². The van der Waals surface area contributed by atoms with E-state index < -0.39 is 0 Å². The highest BCUT2D eigenvalue weighted by Gasteiger charge is 2.24. The van der Waals surface area contributed by atoms with Gasteiger partial charge in [0.25, 0.3) is 0 Å². The summed E-state index contributed by atoms with van der Waals surface area (Å²) in [6.07, 6.45) is 4.20. The molecule has 0 radical (unpaired) electrons. The second-order valence-electron chi connectivity index (χ2n) is 4.90. The van der Waals surface area contributed by atoms with Gasteiger partial charge in [-0.1, -0.05) is 19.9 Å². The van der Waals surface area contributed by atoms with E-state index >= 15 is 0 Å². The van der Waals surface area contributed by atoms with Crippen LogP contribution in [0.2, 0.25) is 0 Å². The molecule has 17 heavy (non-hydrogen) atoms. The molecular weight excluding hydrogens is 210 g/mol. The van der Waals surface area contributed by atoms with Crippen molar-refractivity contribution in [3.05, 3.63) is 35.8 Å². The molecule has 0 saturated carbocycles. The highest BCUT2D eigenvalue weighted by Crippen LogP contribution is 2.33. The van der Waals surface area contributed by atoms with Crippen molar-refractivity contribution in [3.63, 3.8) is 0 Å². The van der Waals surface area contributed by atoms with Crippen molar-refractivity contribution in [2.45, 2.75) is 39.2 Å². The molecule has 0 aliphatic carbocycles. The average Bonchev–Trinajstić information content (AvgIpc) is 2.89.